The number of benzene rings is 2. The molecule has 2 aromatic rings. The second-order valence-electron chi connectivity index (χ2n) is 6.63. The molecule has 0 aromatic heterocycles. The van der Waals surface area contributed by atoms with Gasteiger partial charge in [-0.25, -0.2) is 8.42 Å². The van der Waals surface area contributed by atoms with Gasteiger partial charge in [0.1, 0.15) is 23.9 Å². The lowest BCUT2D eigenvalue weighted by Gasteiger charge is -2.23. The largest absolute Gasteiger partial charge is 0.497 e. The van der Waals surface area contributed by atoms with Crippen LogP contribution in [0.2, 0.25) is 5.02 Å². The van der Waals surface area contributed by atoms with Gasteiger partial charge in [0.05, 0.1) is 37.7 Å². The summed E-state index contributed by atoms with van der Waals surface area (Å²) in [4.78, 5) is 12.1. The molecule has 0 bridgehead atoms. The number of nitrogens with one attached hydrogen (secondary N) is 1. The molecule has 0 radical (unpaired) electrons. The molecule has 0 spiro atoms. The summed E-state index contributed by atoms with van der Waals surface area (Å²) in [6.45, 7) is 0.786. The predicted molar refractivity (Wildman–Crippen MR) is 121 cm³/mol. The molecule has 8 nitrogen and oxygen atoms in total. The van der Waals surface area contributed by atoms with Crippen LogP contribution in [0.4, 0.5) is 5.69 Å². The van der Waals surface area contributed by atoms with Gasteiger partial charge in [0.15, 0.2) is 0 Å². The maximum absolute atomic E-state index is 12.2. The molecule has 31 heavy (non-hydrogen) atoms. The molecule has 2 aromatic carbocycles. The topological polar surface area (TPSA) is 94.2 Å². The predicted octanol–water partition coefficient (Wildman–Crippen LogP) is 3.10. The second-order valence-corrected chi connectivity index (χ2v) is 8.95. The highest BCUT2D eigenvalue weighted by atomic mass is 35.5. The molecule has 0 aliphatic heterocycles. The molecular weight excluding hydrogens is 444 g/mol. The maximum atomic E-state index is 12.2. The van der Waals surface area contributed by atoms with Crippen molar-refractivity contribution >= 4 is 33.2 Å². The van der Waals surface area contributed by atoms with E-state index in [4.69, 9.17) is 25.8 Å². The summed E-state index contributed by atoms with van der Waals surface area (Å²) in [6.07, 6.45) is 1.63. The van der Waals surface area contributed by atoms with E-state index in [1.54, 1.807) is 31.4 Å². The van der Waals surface area contributed by atoms with Gasteiger partial charge >= 0.3 is 0 Å². The van der Waals surface area contributed by atoms with Gasteiger partial charge in [-0.1, -0.05) is 17.7 Å². The first-order chi connectivity index (χ1) is 14.7. The third kappa shape index (κ3) is 7.84. The monoisotopic (exact) mass is 470 g/mol. The van der Waals surface area contributed by atoms with Crippen LogP contribution in [0.15, 0.2) is 42.5 Å². The lowest BCUT2D eigenvalue weighted by Crippen LogP contribution is -2.32. The van der Waals surface area contributed by atoms with Crippen molar-refractivity contribution in [1.82, 2.24) is 5.32 Å². The van der Waals surface area contributed by atoms with Crippen molar-refractivity contribution in [2.24, 2.45) is 0 Å². The number of methoxy groups -OCH3 is 2. The van der Waals surface area contributed by atoms with E-state index in [0.29, 0.717) is 47.5 Å². The van der Waals surface area contributed by atoms with Crippen LogP contribution in [0, 0.1) is 0 Å². The van der Waals surface area contributed by atoms with Crippen molar-refractivity contribution in [3.63, 3.8) is 0 Å². The Morgan fingerprint density at radius 2 is 1.84 bits per heavy atom. The number of sulfonamides is 1. The Morgan fingerprint density at radius 3 is 2.48 bits per heavy atom. The van der Waals surface area contributed by atoms with Crippen LogP contribution in [0.5, 0.6) is 17.2 Å². The molecule has 0 unspecified atom stereocenters. The third-order valence-corrected chi connectivity index (χ3v) is 5.81. The van der Waals surface area contributed by atoms with E-state index in [1.807, 2.05) is 12.1 Å². The SMILES string of the molecule is COc1cccc(OCCNC(=O)CCCN(c2ccc(OC)c(Cl)c2)S(C)(=O)=O)c1. The zero-order valence-electron chi connectivity index (χ0n) is 17.8. The van der Waals surface area contributed by atoms with E-state index in [1.165, 1.54) is 17.5 Å². The average Bonchev–Trinajstić information content (AvgIpc) is 2.73. The van der Waals surface area contributed by atoms with Crippen LogP contribution < -0.4 is 23.8 Å². The van der Waals surface area contributed by atoms with Crippen molar-refractivity contribution in [2.75, 3.05) is 44.5 Å². The van der Waals surface area contributed by atoms with Crippen LogP contribution >= 0.6 is 11.6 Å². The fraction of sp³-hybridized carbons (Fsp3) is 0.381. The van der Waals surface area contributed by atoms with Gasteiger partial charge in [-0.3, -0.25) is 9.10 Å². The summed E-state index contributed by atoms with van der Waals surface area (Å²) in [5.41, 5.74) is 0.417. The van der Waals surface area contributed by atoms with Gasteiger partial charge < -0.3 is 19.5 Å². The van der Waals surface area contributed by atoms with Crippen LogP contribution in [0.25, 0.3) is 0 Å². The Labute approximate surface area is 188 Å². The Morgan fingerprint density at radius 1 is 1.10 bits per heavy atom. The molecule has 0 aliphatic carbocycles. The van der Waals surface area contributed by atoms with Crippen LogP contribution in [-0.2, 0) is 14.8 Å². The Kier molecular flexibility index (Phi) is 9.26. The summed E-state index contributed by atoms with van der Waals surface area (Å²) < 4.78 is 41.4. The minimum absolute atomic E-state index is 0.148. The number of nitrogens with zero attached hydrogens (tertiary/aromatic N) is 1. The number of rotatable bonds is 12. The van der Waals surface area contributed by atoms with Crippen molar-refractivity contribution in [2.45, 2.75) is 12.8 Å². The summed E-state index contributed by atoms with van der Waals surface area (Å²) >= 11 is 6.11. The van der Waals surface area contributed by atoms with Gasteiger partial charge in [-0.2, -0.15) is 0 Å². The summed E-state index contributed by atoms with van der Waals surface area (Å²) in [5.74, 6) is 1.61. The number of hydrogen-bond donors (Lipinski definition) is 1. The zero-order chi connectivity index (χ0) is 22.9. The van der Waals surface area contributed by atoms with Gasteiger partial charge in [0.2, 0.25) is 15.9 Å². The molecule has 0 heterocycles. The second kappa shape index (κ2) is 11.7. The molecular formula is C21H27ClN2O6S. The molecule has 0 aliphatic rings. The van der Waals surface area contributed by atoms with Crippen molar-refractivity contribution in [3.05, 3.63) is 47.5 Å². The Balaban J connectivity index is 1.79. The van der Waals surface area contributed by atoms with Crippen molar-refractivity contribution in [3.8, 4) is 17.2 Å². The van der Waals surface area contributed by atoms with E-state index < -0.39 is 10.0 Å². The van der Waals surface area contributed by atoms with Crippen LogP contribution in [-0.4, -0.2) is 54.5 Å². The van der Waals surface area contributed by atoms with E-state index in [0.717, 1.165) is 6.26 Å². The number of halogens is 1. The number of hydrogen-bond acceptors (Lipinski definition) is 6. The summed E-state index contributed by atoms with van der Waals surface area (Å²) in [6, 6.07) is 11.9. The first-order valence-electron chi connectivity index (χ1n) is 9.59. The molecule has 170 valence electrons. The highest BCUT2D eigenvalue weighted by Gasteiger charge is 2.19. The zero-order valence-corrected chi connectivity index (χ0v) is 19.3. The average molecular weight is 471 g/mol. The van der Waals surface area contributed by atoms with Gasteiger partial charge in [0.25, 0.3) is 0 Å². The fourth-order valence-corrected chi connectivity index (χ4v) is 4.03. The molecule has 0 saturated heterocycles. The van der Waals surface area contributed by atoms with Crippen molar-refractivity contribution in [1.29, 1.82) is 0 Å². The van der Waals surface area contributed by atoms with E-state index >= 15 is 0 Å². The summed E-state index contributed by atoms with van der Waals surface area (Å²) in [7, 11) is -0.479. The minimum Gasteiger partial charge on any atom is -0.497 e. The number of carbonyl (C=O) groups excluding carboxylic acids is 1. The number of amides is 1. The maximum Gasteiger partial charge on any atom is 0.232 e. The van der Waals surface area contributed by atoms with E-state index in [9.17, 15) is 13.2 Å². The quantitative estimate of drug-likeness (QED) is 0.479. The first kappa shape index (κ1) is 24.6. The third-order valence-electron chi connectivity index (χ3n) is 4.32. The Hall–Kier alpha value is -2.65. The normalized spacial score (nSPS) is 11.0. The molecule has 0 fully saturated rings. The van der Waals surface area contributed by atoms with E-state index in [2.05, 4.69) is 5.32 Å². The lowest BCUT2D eigenvalue weighted by atomic mass is 10.2. The first-order valence-corrected chi connectivity index (χ1v) is 11.8. The molecule has 0 saturated carbocycles. The van der Waals surface area contributed by atoms with Gasteiger partial charge in [0, 0.05) is 19.0 Å². The Bertz CT molecular complexity index is 984. The number of carbonyl (C=O) groups is 1. The highest BCUT2D eigenvalue weighted by molar-refractivity contribution is 7.92. The van der Waals surface area contributed by atoms with Crippen LogP contribution in [0.1, 0.15) is 12.8 Å². The van der Waals surface area contributed by atoms with Crippen molar-refractivity contribution < 1.29 is 27.4 Å². The smallest absolute Gasteiger partial charge is 0.232 e. The van der Waals surface area contributed by atoms with E-state index in [-0.39, 0.29) is 18.9 Å². The molecule has 1 N–H and O–H groups in total. The van der Waals surface area contributed by atoms with Gasteiger partial charge in [-0.15, -0.1) is 0 Å². The molecule has 1 amide bonds. The summed E-state index contributed by atoms with van der Waals surface area (Å²) in [5, 5.41) is 3.06. The molecule has 10 heteroatoms. The number of anilines is 1. The minimum atomic E-state index is -3.54. The molecule has 2 rings (SSSR count). The highest BCUT2D eigenvalue weighted by Crippen LogP contribution is 2.30. The van der Waals surface area contributed by atoms with Crippen LogP contribution in [0.3, 0.4) is 0 Å². The van der Waals surface area contributed by atoms with Gasteiger partial charge in [-0.05, 0) is 36.8 Å². The lowest BCUT2D eigenvalue weighted by molar-refractivity contribution is -0.121. The number of ether oxygens (including phenoxy) is 3. The standard InChI is InChI=1S/C21H27ClN2O6S/c1-28-17-6-4-7-18(15-17)30-13-11-23-21(25)8-5-12-24(31(3,26)27)16-9-10-20(29-2)19(22)14-16/h4,6-7,9-10,14-15H,5,8,11-13H2,1-3H3,(H,23,25). The molecule has 0 atom stereocenters. The fourth-order valence-electron chi connectivity index (χ4n) is 2.82.